The molecule has 2 aliphatic rings. The molecule has 5 rings (SSSR count). The van der Waals surface area contributed by atoms with E-state index in [-0.39, 0.29) is 35.9 Å². The lowest BCUT2D eigenvalue weighted by Gasteiger charge is -2.49. The second-order valence-electron chi connectivity index (χ2n) is 9.43. The summed E-state index contributed by atoms with van der Waals surface area (Å²) < 4.78 is 40.3. The molecule has 1 saturated heterocycles. The van der Waals surface area contributed by atoms with Crippen LogP contribution in [0.4, 0.5) is 0 Å². The third kappa shape index (κ3) is 3.82. The van der Waals surface area contributed by atoms with Crippen molar-refractivity contribution in [3.8, 4) is 5.75 Å². The number of carbonyl (C=O) groups is 3. The molecular weight excluding hydrogens is 508 g/mol. The van der Waals surface area contributed by atoms with Crippen molar-refractivity contribution >= 4 is 39.1 Å². The highest BCUT2D eigenvalue weighted by atomic mass is 32.2. The average Bonchev–Trinajstić information content (AvgIpc) is 3.34. The highest BCUT2D eigenvalue weighted by molar-refractivity contribution is 7.90. The van der Waals surface area contributed by atoms with Crippen LogP contribution in [0, 0.1) is 0 Å². The van der Waals surface area contributed by atoms with Crippen molar-refractivity contribution in [2.75, 3.05) is 20.8 Å². The van der Waals surface area contributed by atoms with Gasteiger partial charge in [0.2, 0.25) is 5.91 Å². The third-order valence-corrected chi connectivity index (χ3v) is 9.31. The fraction of sp³-hybridized carbons (Fsp3) is 0.321. The van der Waals surface area contributed by atoms with Gasteiger partial charge in [-0.1, -0.05) is 24.3 Å². The van der Waals surface area contributed by atoms with Crippen molar-refractivity contribution in [3.05, 3.63) is 71.9 Å². The topological polar surface area (TPSA) is 112 Å². The first kappa shape index (κ1) is 25.7. The van der Waals surface area contributed by atoms with E-state index in [1.54, 1.807) is 42.5 Å². The van der Waals surface area contributed by atoms with Crippen LogP contribution in [0.2, 0.25) is 0 Å². The van der Waals surface area contributed by atoms with Crippen LogP contribution in [-0.4, -0.2) is 62.3 Å². The van der Waals surface area contributed by atoms with Gasteiger partial charge in [0.1, 0.15) is 17.5 Å². The number of benzene rings is 2. The number of rotatable bonds is 7. The lowest BCUT2D eigenvalue weighted by atomic mass is 9.65. The van der Waals surface area contributed by atoms with Crippen LogP contribution in [0.25, 0.3) is 10.9 Å². The van der Waals surface area contributed by atoms with Crippen molar-refractivity contribution in [2.24, 2.45) is 0 Å². The quantitative estimate of drug-likeness (QED) is 0.259. The number of nitrogens with zero attached hydrogens (tertiary/aromatic N) is 2. The second-order valence-corrected chi connectivity index (χ2v) is 11.2. The Bertz CT molecular complexity index is 1560. The number of para-hydroxylation sites is 1. The van der Waals surface area contributed by atoms with Gasteiger partial charge in [0.15, 0.2) is 0 Å². The Labute approximate surface area is 220 Å². The van der Waals surface area contributed by atoms with Gasteiger partial charge in [-0.2, -0.15) is 0 Å². The van der Waals surface area contributed by atoms with E-state index in [1.807, 2.05) is 6.08 Å². The Morgan fingerprint density at radius 3 is 2.53 bits per heavy atom. The zero-order valence-corrected chi connectivity index (χ0v) is 21.9. The van der Waals surface area contributed by atoms with Gasteiger partial charge in [-0.15, -0.1) is 0 Å². The van der Waals surface area contributed by atoms with E-state index in [9.17, 15) is 22.8 Å². The van der Waals surface area contributed by atoms with Crippen molar-refractivity contribution in [2.45, 2.75) is 42.0 Å². The first-order valence-electron chi connectivity index (χ1n) is 12.3. The van der Waals surface area contributed by atoms with Crippen LogP contribution >= 0.6 is 0 Å². The molecular formula is C28H28N2O7S. The molecule has 0 unspecified atom stereocenters. The third-order valence-electron chi connectivity index (χ3n) is 7.56. The normalized spacial score (nSPS) is 21.5. The number of methoxy groups -OCH3 is 2. The van der Waals surface area contributed by atoms with E-state index in [4.69, 9.17) is 9.47 Å². The molecule has 1 aliphatic heterocycles. The van der Waals surface area contributed by atoms with Crippen molar-refractivity contribution in [1.82, 2.24) is 8.87 Å². The largest absolute Gasteiger partial charge is 0.497 e. The number of aldehydes is 1. The van der Waals surface area contributed by atoms with Crippen LogP contribution in [0.3, 0.4) is 0 Å². The maximum Gasteiger partial charge on any atom is 0.320 e. The number of amides is 1. The van der Waals surface area contributed by atoms with Gasteiger partial charge in [0, 0.05) is 11.8 Å². The predicted octanol–water partition coefficient (Wildman–Crippen LogP) is 3.21. The van der Waals surface area contributed by atoms with E-state index in [2.05, 4.69) is 0 Å². The fourth-order valence-electron chi connectivity index (χ4n) is 5.90. The molecule has 2 atom stereocenters. The molecule has 0 bridgehead atoms. The molecule has 0 spiro atoms. The molecule has 1 aliphatic carbocycles. The number of aromatic nitrogens is 1. The van der Waals surface area contributed by atoms with Gasteiger partial charge in [-0.05, 0) is 61.2 Å². The van der Waals surface area contributed by atoms with Gasteiger partial charge in [0.25, 0.3) is 10.0 Å². The van der Waals surface area contributed by atoms with Gasteiger partial charge in [-0.3, -0.25) is 9.59 Å². The first-order valence-corrected chi connectivity index (χ1v) is 13.7. The Morgan fingerprint density at radius 1 is 1.11 bits per heavy atom. The van der Waals surface area contributed by atoms with E-state index >= 15 is 0 Å². The zero-order chi connectivity index (χ0) is 27.1. The molecule has 1 fully saturated rings. The van der Waals surface area contributed by atoms with Crippen molar-refractivity contribution in [3.63, 3.8) is 0 Å². The molecule has 2 aromatic carbocycles. The summed E-state index contributed by atoms with van der Waals surface area (Å²) in [5.74, 6) is -0.428. The summed E-state index contributed by atoms with van der Waals surface area (Å²) in [6, 6.07) is 13.8. The average molecular weight is 537 g/mol. The molecule has 0 N–H and O–H groups in total. The van der Waals surface area contributed by atoms with Crippen LogP contribution < -0.4 is 4.74 Å². The molecule has 10 heteroatoms. The Hall–Kier alpha value is -3.92. The fourth-order valence-corrected chi connectivity index (χ4v) is 7.49. The Kier molecular flexibility index (Phi) is 6.60. The van der Waals surface area contributed by atoms with Crippen LogP contribution in [-0.2, 0) is 34.6 Å². The van der Waals surface area contributed by atoms with Gasteiger partial charge in [-0.25, -0.2) is 12.4 Å². The van der Waals surface area contributed by atoms with Crippen LogP contribution in [0.15, 0.2) is 71.1 Å². The van der Waals surface area contributed by atoms with Gasteiger partial charge in [0.05, 0.1) is 42.9 Å². The summed E-state index contributed by atoms with van der Waals surface area (Å²) in [6.45, 7) is -0.217. The van der Waals surface area contributed by atoms with Crippen LogP contribution in [0.5, 0.6) is 5.75 Å². The highest BCUT2D eigenvalue weighted by Crippen LogP contribution is 2.48. The van der Waals surface area contributed by atoms with E-state index in [1.165, 1.54) is 35.2 Å². The number of esters is 1. The zero-order valence-electron chi connectivity index (χ0n) is 21.1. The number of likely N-dealkylation sites (tertiary alicyclic amines) is 1. The maximum absolute atomic E-state index is 14.3. The summed E-state index contributed by atoms with van der Waals surface area (Å²) in [6.07, 6.45) is 3.92. The summed E-state index contributed by atoms with van der Waals surface area (Å²) in [5.41, 5.74) is -0.151. The smallest absolute Gasteiger partial charge is 0.320 e. The Morgan fingerprint density at radius 2 is 1.84 bits per heavy atom. The standard InChI is InChI=1S/C28H28N2O7S/c1-36-21-10-12-22(13-11-21)38(34,35)30-23-8-4-3-6-20(23)18-24(30)28(27(33)37-2)15-5-7-19-9-14-25(32)29(16-17-31)26(19)28/h3-4,6-8,10-13,17-18,26H,5,9,14-16H2,1-2H3/t26-,28-/m0/s1. The number of fused-ring (bicyclic) bond motifs is 2. The molecule has 3 aromatic rings. The minimum absolute atomic E-state index is 0.0111. The number of piperidine rings is 1. The predicted molar refractivity (Wildman–Crippen MR) is 139 cm³/mol. The molecule has 2 heterocycles. The number of hydrogen-bond acceptors (Lipinski definition) is 7. The summed E-state index contributed by atoms with van der Waals surface area (Å²) in [7, 11) is -1.48. The minimum Gasteiger partial charge on any atom is -0.497 e. The Balaban J connectivity index is 1.84. The molecule has 1 aromatic heterocycles. The van der Waals surface area contributed by atoms with Gasteiger partial charge >= 0.3 is 5.97 Å². The lowest BCUT2D eigenvalue weighted by Crippen LogP contribution is -2.62. The maximum atomic E-state index is 14.3. The highest BCUT2D eigenvalue weighted by Gasteiger charge is 2.57. The molecule has 38 heavy (non-hydrogen) atoms. The molecule has 198 valence electrons. The SMILES string of the molecule is COC(=O)[C@]1(c2cc3ccccc3n2S(=O)(=O)c2ccc(OC)cc2)CCC=C2CCC(=O)N(CC=O)[C@@H]21. The van der Waals surface area contributed by atoms with Crippen molar-refractivity contribution in [1.29, 1.82) is 0 Å². The summed E-state index contributed by atoms with van der Waals surface area (Å²) in [5, 5.41) is 0.614. The molecule has 0 radical (unpaired) electrons. The monoisotopic (exact) mass is 536 g/mol. The molecule has 0 saturated carbocycles. The van der Waals surface area contributed by atoms with E-state index < -0.39 is 27.4 Å². The molecule has 1 amide bonds. The second kappa shape index (κ2) is 9.75. The van der Waals surface area contributed by atoms with E-state index in [0.29, 0.717) is 35.8 Å². The number of allylic oxidation sites excluding steroid dienone is 1. The first-order chi connectivity index (χ1) is 18.3. The van der Waals surface area contributed by atoms with E-state index in [0.717, 1.165) is 5.57 Å². The summed E-state index contributed by atoms with van der Waals surface area (Å²) in [4.78, 5) is 40.0. The molecule has 9 nitrogen and oxygen atoms in total. The number of hydrogen-bond donors (Lipinski definition) is 0. The van der Waals surface area contributed by atoms with Crippen LogP contribution in [0.1, 0.15) is 31.4 Å². The van der Waals surface area contributed by atoms with Crippen molar-refractivity contribution < 1.29 is 32.3 Å². The number of ether oxygens (including phenoxy) is 2. The summed E-state index contributed by atoms with van der Waals surface area (Å²) >= 11 is 0. The number of carbonyl (C=O) groups excluding carboxylic acids is 3. The lowest BCUT2D eigenvalue weighted by molar-refractivity contribution is -0.154. The van der Waals surface area contributed by atoms with Gasteiger partial charge < -0.3 is 19.2 Å². The minimum atomic E-state index is -4.23.